The molecule has 1 aliphatic heterocycles. The standard InChI is InChI=1S/C5H11NO.C2H6/c6-5-1-3-7-4-2-5;1-2/h5H,1-4,6H2;1-2H3. The second-order valence-electron chi connectivity index (χ2n) is 1.95. The lowest BCUT2D eigenvalue weighted by molar-refractivity contribution is 0.0866. The van der Waals surface area contributed by atoms with Crippen LogP contribution in [0, 0.1) is 0 Å². The molecule has 56 valence electrons. The summed E-state index contributed by atoms with van der Waals surface area (Å²) in [4.78, 5) is 0. The van der Waals surface area contributed by atoms with Crippen molar-refractivity contribution in [3.63, 3.8) is 0 Å². The van der Waals surface area contributed by atoms with Crippen LogP contribution >= 0.6 is 0 Å². The third-order valence-electron chi connectivity index (χ3n) is 1.27. The molecular weight excluding hydrogens is 114 g/mol. The van der Waals surface area contributed by atoms with Gasteiger partial charge in [-0.05, 0) is 12.8 Å². The summed E-state index contributed by atoms with van der Waals surface area (Å²) in [7, 11) is 0. The fourth-order valence-electron chi connectivity index (χ4n) is 0.716. The van der Waals surface area contributed by atoms with Gasteiger partial charge in [0.05, 0.1) is 0 Å². The lowest BCUT2D eigenvalue weighted by Gasteiger charge is -2.16. The SMILES string of the molecule is CC.NC1CCOCC1. The Morgan fingerprint density at radius 1 is 1.22 bits per heavy atom. The second-order valence-corrected chi connectivity index (χ2v) is 1.95. The molecule has 2 heteroatoms. The monoisotopic (exact) mass is 131 g/mol. The Morgan fingerprint density at radius 2 is 1.67 bits per heavy atom. The first-order chi connectivity index (χ1) is 4.39. The molecule has 0 spiro atoms. The lowest BCUT2D eigenvalue weighted by Crippen LogP contribution is -2.28. The molecule has 1 rings (SSSR count). The minimum absolute atomic E-state index is 0.411. The first kappa shape index (κ1) is 8.92. The molecule has 9 heavy (non-hydrogen) atoms. The molecule has 2 nitrogen and oxygen atoms in total. The van der Waals surface area contributed by atoms with Gasteiger partial charge in [0.25, 0.3) is 0 Å². The molecule has 0 bridgehead atoms. The minimum Gasteiger partial charge on any atom is -0.381 e. The average Bonchev–Trinajstić information content (AvgIpc) is 1.94. The van der Waals surface area contributed by atoms with Crippen molar-refractivity contribution in [3.05, 3.63) is 0 Å². The van der Waals surface area contributed by atoms with Gasteiger partial charge >= 0.3 is 0 Å². The van der Waals surface area contributed by atoms with E-state index in [1.807, 2.05) is 13.8 Å². The number of nitrogens with two attached hydrogens (primary N) is 1. The Balaban J connectivity index is 0.000000291. The van der Waals surface area contributed by atoms with E-state index in [2.05, 4.69) is 0 Å². The van der Waals surface area contributed by atoms with Crippen LogP contribution in [0.1, 0.15) is 26.7 Å². The molecule has 0 atom stereocenters. The molecule has 0 saturated carbocycles. The molecule has 1 fully saturated rings. The van der Waals surface area contributed by atoms with E-state index in [0.717, 1.165) is 26.1 Å². The van der Waals surface area contributed by atoms with E-state index in [1.54, 1.807) is 0 Å². The molecule has 0 aromatic carbocycles. The van der Waals surface area contributed by atoms with Crippen LogP contribution in [0.4, 0.5) is 0 Å². The van der Waals surface area contributed by atoms with Crippen LogP contribution in [-0.2, 0) is 4.74 Å². The Morgan fingerprint density at radius 3 is 1.89 bits per heavy atom. The van der Waals surface area contributed by atoms with Gasteiger partial charge in [-0.15, -0.1) is 0 Å². The van der Waals surface area contributed by atoms with Crippen molar-refractivity contribution in [2.24, 2.45) is 5.73 Å². The highest BCUT2D eigenvalue weighted by Crippen LogP contribution is 2.01. The maximum Gasteiger partial charge on any atom is 0.0480 e. The van der Waals surface area contributed by atoms with Crippen LogP contribution in [0.3, 0.4) is 0 Å². The van der Waals surface area contributed by atoms with E-state index < -0.39 is 0 Å². The van der Waals surface area contributed by atoms with Crippen molar-refractivity contribution < 1.29 is 4.74 Å². The van der Waals surface area contributed by atoms with Gasteiger partial charge in [-0.25, -0.2) is 0 Å². The highest BCUT2D eigenvalue weighted by molar-refractivity contribution is 4.63. The summed E-state index contributed by atoms with van der Waals surface area (Å²) in [5.41, 5.74) is 5.55. The van der Waals surface area contributed by atoms with Crippen LogP contribution < -0.4 is 5.73 Å². The predicted molar refractivity (Wildman–Crippen MR) is 39.4 cm³/mol. The topological polar surface area (TPSA) is 35.2 Å². The molecule has 1 heterocycles. The third kappa shape index (κ3) is 4.43. The zero-order chi connectivity index (χ0) is 7.11. The van der Waals surface area contributed by atoms with Crippen molar-refractivity contribution in [1.29, 1.82) is 0 Å². The van der Waals surface area contributed by atoms with Gasteiger partial charge in [0, 0.05) is 19.3 Å². The largest absolute Gasteiger partial charge is 0.381 e. The molecular formula is C7H17NO. The van der Waals surface area contributed by atoms with Gasteiger partial charge in [-0.2, -0.15) is 0 Å². The van der Waals surface area contributed by atoms with Gasteiger partial charge < -0.3 is 10.5 Å². The third-order valence-corrected chi connectivity index (χ3v) is 1.27. The summed E-state index contributed by atoms with van der Waals surface area (Å²) >= 11 is 0. The maximum atomic E-state index is 5.55. The highest BCUT2D eigenvalue weighted by Gasteiger charge is 2.06. The van der Waals surface area contributed by atoms with Crippen LogP contribution in [0.2, 0.25) is 0 Å². The van der Waals surface area contributed by atoms with Crippen molar-refractivity contribution >= 4 is 0 Å². The molecule has 0 radical (unpaired) electrons. The number of hydrogen-bond donors (Lipinski definition) is 1. The summed E-state index contributed by atoms with van der Waals surface area (Å²) < 4.78 is 5.06. The summed E-state index contributed by atoms with van der Waals surface area (Å²) in [5.74, 6) is 0. The van der Waals surface area contributed by atoms with Gasteiger partial charge in [0.15, 0.2) is 0 Å². The number of rotatable bonds is 0. The number of ether oxygens (including phenoxy) is 1. The Hall–Kier alpha value is -0.0800. The van der Waals surface area contributed by atoms with Gasteiger partial charge in [0.1, 0.15) is 0 Å². The van der Waals surface area contributed by atoms with E-state index in [1.165, 1.54) is 0 Å². The zero-order valence-corrected chi connectivity index (χ0v) is 6.39. The van der Waals surface area contributed by atoms with Crippen molar-refractivity contribution in [2.45, 2.75) is 32.7 Å². The Labute approximate surface area is 57.4 Å². The van der Waals surface area contributed by atoms with Gasteiger partial charge in [-0.3, -0.25) is 0 Å². The van der Waals surface area contributed by atoms with Crippen LogP contribution in [-0.4, -0.2) is 19.3 Å². The summed E-state index contributed by atoms with van der Waals surface area (Å²) in [6, 6.07) is 0.411. The minimum atomic E-state index is 0.411. The molecule has 1 aliphatic rings. The van der Waals surface area contributed by atoms with E-state index >= 15 is 0 Å². The summed E-state index contributed by atoms with van der Waals surface area (Å²) in [5, 5.41) is 0. The molecule has 2 N–H and O–H groups in total. The molecule has 0 aromatic heterocycles. The van der Waals surface area contributed by atoms with Gasteiger partial charge in [0.2, 0.25) is 0 Å². The Bertz CT molecular complexity index is 50.9. The molecule has 0 unspecified atom stereocenters. The fraction of sp³-hybridized carbons (Fsp3) is 1.00. The smallest absolute Gasteiger partial charge is 0.0480 e. The Kier molecular flexibility index (Phi) is 5.99. The van der Waals surface area contributed by atoms with Crippen LogP contribution in [0.25, 0.3) is 0 Å². The first-order valence-electron chi connectivity index (χ1n) is 3.73. The van der Waals surface area contributed by atoms with Crippen molar-refractivity contribution in [1.82, 2.24) is 0 Å². The van der Waals surface area contributed by atoms with Crippen LogP contribution in [0.15, 0.2) is 0 Å². The predicted octanol–water partition coefficient (Wildman–Crippen LogP) is 1.15. The molecule has 1 saturated heterocycles. The van der Waals surface area contributed by atoms with E-state index in [9.17, 15) is 0 Å². The molecule has 0 aromatic rings. The first-order valence-corrected chi connectivity index (χ1v) is 3.73. The van der Waals surface area contributed by atoms with E-state index in [4.69, 9.17) is 10.5 Å². The quantitative estimate of drug-likeness (QED) is 0.535. The lowest BCUT2D eigenvalue weighted by atomic mass is 10.1. The van der Waals surface area contributed by atoms with E-state index in [0.29, 0.717) is 6.04 Å². The summed E-state index contributed by atoms with van der Waals surface area (Å²) in [6.45, 7) is 5.72. The van der Waals surface area contributed by atoms with Gasteiger partial charge in [-0.1, -0.05) is 13.8 Å². The highest BCUT2D eigenvalue weighted by atomic mass is 16.5. The fourth-order valence-corrected chi connectivity index (χ4v) is 0.716. The maximum absolute atomic E-state index is 5.55. The van der Waals surface area contributed by atoms with Crippen molar-refractivity contribution in [3.8, 4) is 0 Å². The van der Waals surface area contributed by atoms with E-state index in [-0.39, 0.29) is 0 Å². The molecule has 0 amide bonds. The summed E-state index contributed by atoms with van der Waals surface area (Å²) in [6.07, 6.45) is 2.08. The molecule has 0 aliphatic carbocycles. The zero-order valence-electron chi connectivity index (χ0n) is 6.39. The van der Waals surface area contributed by atoms with Crippen molar-refractivity contribution in [2.75, 3.05) is 13.2 Å². The average molecular weight is 131 g/mol. The second kappa shape index (κ2) is 6.05. The van der Waals surface area contributed by atoms with Crippen LogP contribution in [0.5, 0.6) is 0 Å². The normalized spacial score (nSPS) is 20.3. The number of hydrogen-bond acceptors (Lipinski definition) is 2.